The molecule has 2 heterocycles. The monoisotopic (exact) mass is 534 g/mol. The highest BCUT2D eigenvalue weighted by Crippen LogP contribution is 2.40. The number of rotatable bonds is 3. The summed E-state index contributed by atoms with van der Waals surface area (Å²) in [7, 11) is 0. The molecule has 0 radical (unpaired) electrons. The molecule has 0 N–H and O–H groups in total. The van der Waals surface area contributed by atoms with Gasteiger partial charge in [0.05, 0.1) is 38.9 Å². The molecular formula is C38H22N4. The van der Waals surface area contributed by atoms with Crippen molar-refractivity contribution in [2.45, 2.75) is 0 Å². The van der Waals surface area contributed by atoms with Gasteiger partial charge in [-0.15, -0.1) is 0 Å². The molecule has 4 nitrogen and oxygen atoms in total. The van der Waals surface area contributed by atoms with Crippen LogP contribution in [0.5, 0.6) is 0 Å². The molecule has 0 aliphatic heterocycles. The number of nitriles is 2. The minimum atomic E-state index is 0.469. The lowest BCUT2D eigenvalue weighted by Crippen LogP contribution is -2.01. The lowest BCUT2D eigenvalue weighted by atomic mass is 10.1. The normalized spacial score (nSPS) is 11.3. The second kappa shape index (κ2) is 9.24. The maximum Gasteiger partial charge on any atom is 0.101 e. The van der Waals surface area contributed by atoms with Crippen LogP contribution in [-0.2, 0) is 0 Å². The van der Waals surface area contributed by atoms with Gasteiger partial charge in [0.2, 0.25) is 0 Å². The van der Waals surface area contributed by atoms with E-state index in [0.717, 1.165) is 54.9 Å². The van der Waals surface area contributed by atoms with Crippen LogP contribution in [-0.4, -0.2) is 9.13 Å². The Kier molecular flexibility index (Phi) is 5.22. The van der Waals surface area contributed by atoms with Crippen LogP contribution in [0.2, 0.25) is 0 Å². The molecule has 0 amide bonds. The van der Waals surface area contributed by atoms with Crippen LogP contribution in [0.3, 0.4) is 0 Å². The molecule has 0 bridgehead atoms. The van der Waals surface area contributed by atoms with Gasteiger partial charge >= 0.3 is 0 Å². The lowest BCUT2D eigenvalue weighted by molar-refractivity contribution is 1.15. The standard InChI is InChI=1S/C38H22N4/c39-23-27-13-8-14-28(24-40)38(27)42-35-19-7-5-17-31(35)33-21-36-32(22-37(33)42)30-16-4-6-18-34(30)41(36)29-15-9-12-26(20-29)25-10-2-1-3-11-25/h1-22H. The number of nitrogens with zero attached hydrogens (tertiary/aromatic N) is 4. The summed E-state index contributed by atoms with van der Waals surface area (Å²) in [5.41, 5.74) is 9.13. The number of benzene rings is 6. The van der Waals surface area contributed by atoms with E-state index in [1.165, 1.54) is 5.56 Å². The molecule has 8 rings (SSSR count). The van der Waals surface area contributed by atoms with E-state index >= 15 is 0 Å². The summed E-state index contributed by atoms with van der Waals surface area (Å²) in [5.74, 6) is 0. The molecule has 0 spiro atoms. The number of fused-ring (bicyclic) bond motifs is 6. The highest BCUT2D eigenvalue weighted by atomic mass is 15.0. The Labute approximate surface area is 242 Å². The van der Waals surface area contributed by atoms with Crippen LogP contribution >= 0.6 is 0 Å². The molecule has 8 aromatic rings. The SMILES string of the molecule is N#Cc1cccc(C#N)c1-n1c2ccccc2c2cc3c(cc21)c1ccccc1n3-c1cccc(-c2ccccc2)c1. The molecule has 0 atom stereocenters. The third kappa shape index (κ3) is 3.40. The summed E-state index contributed by atoms with van der Waals surface area (Å²) >= 11 is 0. The summed E-state index contributed by atoms with van der Waals surface area (Å²) in [6.07, 6.45) is 0. The fourth-order valence-corrected chi connectivity index (χ4v) is 6.37. The first-order valence-corrected chi connectivity index (χ1v) is 13.8. The van der Waals surface area contributed by atoms with E-state index in [4.69, 9.17) is 0 Å². The molecule has 0 saturated carbocycles. The lowest BCUT2D eigenvalue weighted by Gasteiger charge is -2.12. The van der Waals surface area contributed by atoms with Gasteiger partial charge in [-0.2, -0.15) is 10.5 Å². The predicted molar refractivity (Wildman–Crippen MR) is 170 cm³/mol. The Bertz CT molecular complexity index is 2400. The Morgan fingerprint density at radius 2 is 0.929 bits per heavy atom. The van der Waals surface area contributed by atoms with Gasteiger partial charge in [-0.3, -0.25) is 0 Å². The fraction of sp³-hybridized carbons (Fsp3) is 0. The van der Waals surface area contributed by atoms with Crippen molar-refractivity contribution in [2.75, 3.05) is 0 Å². The zero-order valence-electron chi connectivity index (χ0n) is 22.5. The second-order valence-corrected chi connectivity index (χ2v) is 10.4. The minimum absolute atomic E-state index is 0.469. The zero-order valence-corrected chi connectivity index (χ0v) is 22.5. The molecule has 0 unspecified atom stereocenters. The van der Waals surface area contributed by atoms with Gasteiger partial charge in [0.15, 0.2) is 0 Å². The predicted octanol–water partition coefficient (Wildman–Crippen LogP) is 9.29. The Morgan fingerprint density at radius 3 is 1.57 bits per heavy atom. The van der Waals surface area contributed by atoms with Crippen molar-refractivity contribution in [3.05, 3.63) is 145 Å². The molecule has 0 fully saturated rings. The maximum absolute atomic E-state index is 10.1. The third-order valence-electron chi connectivity index (χ3n) is 8.18. The molecule has 42 heavy (non-hydrogen) atoms. The highest BCUT2D eigenvalue weighted by molar-refractivity contribution is 6.19. The largest absolute Gasteiger partial charge is 0.309 e. The first-order chi connectivity index (χ1) is 20.8. The van der Waals surface area contributed by atoms with Crippen LogP contribution in [0.4, 0.5) is 0 Å². The minimum Gasteiger partial charge on any atom is -0.309 e. The maximum atomic E-state index is 10.1. The molecule has 194 valence electrons. The molecule has 4 heteroatoms. The van der Waals surface area contributed by atoms with Crippen molar-refractivity contribution < 1.29 is 0 Å². The Morgan fingerprint density at radius 1 is 0.405 bits per heavy atom. The van der Waals surface area contributed by atoms with Gasteiger partial charge in [0.25, 0.3) is 0 Å². The summed E-state index contributed by atoms with van der Waals surface area (Å²) in [4.78, 5) is 0. The van der Waals surface area contributed by atoms with Crippen LogP contribution in [0.1, 0.15) is 11.1 Å². The Hall–Kier alpha value is -6.10. The van der Waals surface area contributed by atoms with E-state index in [1.807, 2.05) is 18.2 Å². The van der Waals surface area contributed by atoms with Crippen LogP contribution in [0, 0.1) is 22.7 Å². The van der Waals surface area contributed by atoms with Gasteiger partial charge in [0, 0.05) is 27.2 Å². The van der Waals surface area contributed by atoms with E-state index in [9.17, 15) is 10.5 Å². The summed E-state index contributed by atoms with van der Waals surface area (Å²) < 4.78 is 4.43. The molecule has 0 aliphatic rings. The first kappa shape index (κ1) is 23.8. The average molecular weight is 535 g/mol. The highest BCUT2D eigenvalue weighted by Gasteiger charge is 2.21. The van der Waals surface area contributed by atoms with Gasteiger partial charge in [-0.1, -0.05) is 84.9 Å². The average Bonchev–Trinajstić information content (AvgIpc) is 3.55. The molecule has 0 saturated heterocycles. The van der Waals surface area contributed by atoms with E-state index in [-0.39, 0.29) is 0 Å². The Balaban J connectivity index is 1.51. The van der Waals surface area contributed by atoms with E-state index < -0.39 is 0 Å². The zero-order chi connectivity index (χ0) is 28.2. The van der Waals surface area contributed by atoms with Crippen molar-refractivity contribution in [3.8, 4) is 34.6 Å². The summed E-state index contributed by atoms with van der Waals surface area (Å²) in [6.45, 7) is 0. The van der Waals surface area contributed by atoms with Crippen LogP contribution < -0.4 is 0 Å². The van der Waals surface area contributed by atoms with Crippen molar-refractivity contribution in [1.29, 1.82) is 10.5 Å². The summed E-state index contributed by atoms with van der Waals surface area (Å²) in [6, 6.07) is 50.3. The molecule has 2 aromatic heterocycles. The number of aromatic nitrogens is 2. The topological polar surface area (TPSA) is 57.4 Å². The number of hydrogen-bond acceptors (Lipinski definition) is 2. The smallest absolute Gasteiger partial charge is 0.101 e. The number of hydrogen-bond donors (Lipinski definition) is 0. The van der Waals surface area contributed by atoms with Crippen molar-refractivity contribution in [2.24, 2.45) is 0 Å². The van der Waals surface area contributed by atoms with Crippen LogP contribution in [0.15, 0.2) is 133 Å². The van der Waals surface area contributed by atoms with Gasteiger partial charge in [-0.25, -0.2) is 0 Å². The number of para-hydroxylation sites is 3. The van der Waals surface area contributed by atoms with E-state index in [2.05, 4.69) is 118 Å². The summed E-state index contributed by atoms with van der Waals surface area (Å²) in [5, 5.41) is 24.5. The van der Waals surface area contributed by atoms with Crippen molar-refractivity contribution in [1.82, 2.24) is 9.13 Å². The van der Waals surface area contributed by atoms with E-state index in [1.54, 1.807) is 18.2 Å². The first-order valence-electron chi connectivity index (χ1n) is 13.8. The van der Waals surface area contributed by atoms with Crippen molar-refractivity contribution in [3.63, 3.8) is 0 Å². The van der Waals surface area contributed by atoms with Gasteiger partial charge < -0.3 is 9.13 Å². The third-order valence-corrected chi connectivity index (χ3v) is 8.18. The van der Waals surface area contributed by atoms with Gasteiger partial charge in [-0.05, 0) is 59.7 Å². The quantitative estimate of drug-likeness (QED) is 0.227. The molecule has 0 aliphatic carbocycles. The van der Waals surface area contributed by atoms with Crippen molar-refractivity contribution >= 4 is 43.6 Å². The molecule has 6 aromatic carbocycles. The second-order valence-electron chi connectivity index (χ2n) is 10.4. The fourth-order valence-electron chi connectivity index (χ4n) is 6.37. The van der Waals surface area contributed by atoms with Gasteiger partial charge in [0.1, 0.15) is 12.1 Å². The van der Waals surface area contributed by atoms with E-state index in [0.29, 0.717) is 16.8 Å². The molecular weight excluding hydrogens is 512 g/mol. The van der Waals surface area contributed by atoms with Crippen LogP contribution in [0.25, 0.3) is 66.1 Å².